The van der Waals surface area contributed by atoms with Crippen LogP contribution in [0.3, 0.4) is 0 Å². The third-order valence-corrected chi connectivity index (χ3v) is 3.05. The van der Waals surface area contributed by atoms with E-state index in [1.807, 2.05) is 11.0 Å². The molecule has 3 nitrogen and oxygen atoms in total. The third kappa shape index (κ3) is 1.85. The molecule has 17 heavy (non-hydrogen) atoms. The second-order valence-electron chi connectivity index (χ2n) is 3.87. The molecule has 86 valence electrons. The van der Waals surface area contributed by atoms with Crippen LogP contribution in [-0.2, 0) is 6.42 Å². The van der Waals surface area contributed by atoms with Gasteiger partial charge in [-0.25, -0.2) is 14.4 Å². The van der Waals surface area contributed by atoms with Crippen LogP contribution >= 0.6 is 11.6 Å². The summed E-state index contributed by atoms with van der Waals surface area (Å²) in [6, 6.07) is 6.50. The van der Waals surface area contributed by atoms with Crippen molar-refractivity contribution in [2.24, 2.45) is 0 Å². The van der Waals surface area contributed by atoms with Gasteiger partial charge in [0.15, 0.2) is 0 Å². The van der Waals surface area contributed by atoms with E-state index in [4.69, 9.17) is 11.6 Å². The van der Waals surface area contributed by atoms with Crippen molar-refractivity contribution >= 4 is 23.1 Å². The van der Waals surface area contributed by atoms with Crippen molar-refractivity contribution in [1.29, 1.82) is 0 Å². The van der Waals surface area contributed by atoms with Crippen molar-refractivity contribution < 1.29 is 4.39 Å². The number of rotatable bonds is 1. The molecule has 0 radical (unpaired) electrons. The lowest BCUT2D eigenvalue weighted by Crippen LogP contribution is -2.14. The van der Waals surface area contributed by atoms with Gasteiger partial charge in [0, 0.05) is 18.3 Å². The fourth-order valence-electron chi connectivity index (χ4n) is 2.06. The van der Waals surface area contributed by atoms with Gasteiger partial charge in [0.25, 0.3) is 0 Å². The van der Waals surface area contributed by atoms with E-state index in [1.54, 1.807) is 6.07 Å². The van der Waals surface area contributed by atoms with E-state index in [0.717, 1.165) is 24.2 Å². The molecular formula is C12H9ClFN3. The maximum Gasteiger partial charge on any atom is 0.137 e. The molecule has 2 aromatic rings. The van der Waals surface area contributed by atoms with E-state index >= 15 is 0 Å². The highest BCUT2D eigenvalue weighted by atomic mass is 35.5. The molecule has 0 bridgehead atoms. The molecule has 1 aromatic heterocycles. The lowest BCUT2D eigenvalue weighted by Gasteiger charge is -2.17. The van der Waals surface area contributed by atoms with Gasteiger partial charge in [-0.05, 0) is 24.1 Å². The maximum atomic E-state index is 13.2. The first-order chi connectivity index (χ1) is 8.24. The normalized spacial score (nSPS) is 13.9. The summed E-state index contributed by atoms with van der Waals surface area (Å²) in [6.07, 6.45) is 2.30. The Morgan fingerprint density at radius 1 is 1.24 bits per heavy atom. The van der Waals surface area contributed by atoms with Crippen LogP contribution in [-0.4, -0.2) is 16.5 Å². The average molecular weight is 250 g/mol. The summed E-state index contributed by atoms with van der Waals surface area (Å²) in [4.78, 5) is 9.95. The van der Waals surface area contributed by atoms with Gasteiger partial charge in [0.1, 0.15) is 23.1 Å². The molecule has 0 fully saturated rings. The molecule has 1 aliphatic heterocycles. The van der Waals surface area contributed by atoms with Gasteiger partial charge in [0.05, 0.1) is 0 Å². The second kappa shape index (κ2) is 3.96. The van der Waals surface area contributed by atoms with E-state index in [1.165, 1.54) is 18.5 Å². The lowest BCUT2D eigenvalue weighted by atomic mass is 10.2. The predicted molar refractivity (Wildman–Crippen MR) is 64.2 cm³/mol. The van der Waals surface area contributed by atoms with Crippen LogP contribution in [0, 0.1) is 5.82 Å². The van der Waals surface area contributed by atoms with Gasteiger partial charge in [-0.3, -0.25) is 0 Å². The zero-order chi connectivity index (χ0) is 11.8. The number of hydrogen-bond donors (Lipinski definition) is 0. The van der Waals surface area contributed by atoms with Crippen molar-refractivity contribution in [1.82, 2.24) is 9.97 Å². The third-order valence-electron chi connectivity index (χ3n) is 2.84. The summed E-state index contributed by atoms with van der Waals surface area (Å²) in [7, 11) is 0. The Balaban J connectivity index is 2.06. The number of halogens is 2. The van der Waals surface area contributed by atoms with E-state index in [2.05, 4.69) is 9.97 Å². The van der Waals surface area contributed by atoms with Gasteiger partial charge >= 0.3 is 0 Å². The first-order valence-corrected chi connectivity index (χ1v) is 5.65. The van der Waals surface area contributed by atoms with Crippen molar-refractivity contribution in [3.63, 3.8) is 0 Å². The van der Waals surface area contributed by atoms with Crippen LogP contribution in [0.15, 0.2) is 30.6 Å². The highest BCUT2D eigenvalue weighted by Crippen LogP contribution is 2.34. The first kappa shape index (κ1) is 10.5. The highest BCUT2D eigenvalue weighted by Gasteiger charge is 2.21. The van der Waals surface area contributed by atoms with E-state index in [9.17, 15) is 4.39 Å². The van der Waals surface area contributed by atoms with E-state index in [-0.39, 0.29) is 5.82 Å². The molecule has 0 saturated carbocycles. The molecule has 2 heterocycles. The molecular weight excluding hydrogens is 241 g/mol. The van der Waals surface area contributed by atoms with Crippen molar-refractivity contribution in [2.75, 3.05) is 11.4 Å². The molecule has 0 aliphatic carbocycles. The Hall–Kier alpha value is -1.68. The minimum atomic E-state index is -0.240. The Labute approximate surface area is 103 Å². The zero-order valence-corrected chi connectivity index (χ0v) is 9.65. The van der Waals surface area contributed by atoms with Gasteiger partial charge in [0.2, 0.25) is 0 Å². The van der Waals surface area contributed by atoms with Crippen molar-refractivity contribution in [3.8, 4) is 0 Å². The summed E-state index contributed by atoms with van der Waals surface area (Å²) in [5.41, 5.74) is 1.99. The Kier molecular flexibility index (Phi) is 2.44. The van der Waals surface area contributed by atoms with Crippen LogP contribution in [0.1, 0.15) is 5.56 Å². The fourth-order valence-corrected chi connectivity index (χ4v) is 2.20. The first-order valence-electron chi connectivity index (χ1n) is 5.27. The molecule has 0 saturated heterocycles. The minimum absolute atomic E-state index is 0.240. The molecule has 1 aliphatic rings. The van der Waals surface area contributed by atoms with Crippen molar-refractivity contribution in [3.05, 3.63) is 47.1 Å². The Morgan fingerprint density at radius 3 is 2.94 bits per heavy atom. The van der Waals surface area contributed by atoms with Crippen LogP contribution in [0.2, 0.25) is 5.15 Å². The number of benzene rings is 1. The number of fused-ring (bicyclic) bond motifs is 1. The standard InChI is InChI=1S/C12H9ClFN3/c13-11-6-12(16-7-15-11)17-4-3-8-1-2-9(14)5-10(8)17/h1-2,5-7H,3-4H2. The molecule has 3 rings (SSSR count). The fraction of sp³-hybridized carbons (Fsp3) is 0.167. The second-order valence-corrected chi connectivity index (χ2v) is 4.26. The van der Waals surface area contributed by atoms with E-state index < -0.39 is 0 Å². The number of aromatic nitrogens is 2. The summed E-state index contributed by atoms with van der Waals surface area (Å²) in [5.74, 6) is 0.463. The Morgan fingerprint density at radius 2 is 2.12 bits per heavy atom. The van der Waals surface area contributed by atoms with Crippen LogP contribution in [0.25, 0.3) is 0 Å². The molecule has 0 amide bonds. The number of hydrogen-bond acceptors (Lipinski definition) is 3. The lowest BCUT2D eigenvalue weighted by molar-refractivity contribution is 0.628. The van der Waals surface area contributed by atoms with E-state index in [0.29, 0.717) is 11.0 Å². The Bertz CT molecular complexity index is 573. The SMILES string of the molecule is Fc1ccc2c(c1)N(c1cc(Cl)ncn1)CC2. The number of nitrogens with zero attached hydrogens (tertiary/aromatic N) is 3. The van der Waals surface area contributed by atoms with Gasteiger partial charge in [-0.1, -0.05) is 17.7 Å². The smallest absolute Gasteiger partial charge is 0.137 e. The highest BCUT2D eigenvalue weighted by molar-refractivity contribution is 6.29. The maximum absolute atomic E-state index is 13.2. The van der Waals surface area contributed by atoms with Gasteiger partial charge in [-0.2, -0.15) is 0 Å². The molecule has 0 N–H and O–H groups in total. The summed E-state index contributed by atoms with van der Waals surface area (Å²) in [5, 5.41) is 0.389. The quantitative estimate of drug-likeness (QED) is 0.728. The largest absolute Gasteiger partial charge is 0.326 e. The molecule has 0 unspecified atom stereocenters. The minimum Gasteiger partial charge on any atom is -0.326 e. The average Bonchev–Trinajstić information content (AvgIpc) is 2.71. The van der Waals surface area contributed by atoms with Crippen molar-refractivity contribution in [2.45, 2.75) is 6.42 Å². The summed E-state index contributed by atoms with van der Waals surface area (Å²) >= 11 is 5.83. The van der Waals surface area contributed by atoms with Gasteiger partial charge < -0.3 is 4.90 Å². The zero-order valence-electron chi connectivity index (χ0n) is 8.90. The monoisotopic (exact) mass is 249 g/mol. The summed E-state index contributed by atoms with van der Waals surface area (Å²) in [6.45, 7) is 0.784. The van der Waals surface area contributed by atoms with Crippen LogP contribution in [0.5, 0.6) is 0 Å². The van der Waals surface area contributed by atoms with Crippen LogP contribution in [0.4, 0.5) is 15.9 Å². The van der Waals surface area contributed by atoms with Crippen LogP contribution < -0.4 is 4.90 Å². The van der Waals surface area contributed by atoms with Gasteiger partial charge in [-0.15, -0.1) is 0 Å². The molecule has 1 aromatic carbocycles. The predicted octanol–water partition coefficient (Wildman–Crippen LogP) is 2.96. The number of anilines is 2. The topological polar surface area (TPSA) is 29.0 Å². The summed E-state index contributed by atoms with van der Waals surface area (Å²) < 4.78 is 13.2. The molecule has 5 heteroatoms. The molecule has 0 atom stereocenters. The molecule has 0 spiro atoms.